The normalized spacial score (nSPS) is 13.6. The molecule has 0 unspecified atom stereocenters. The Morgan fingerprint density at radius 3 is 2.39 bits per heavy atom. The molecule has 1 amide bonds. The lowest BCUT2D eigenvalue weighted by Crippen LogP contribution is -2.36. The van der Waals surface area contributed by atoms with Crippen LogP contribution in [0.15, 0.2) is 30.3 Å². The van der Waals surface area contributed by atoms with Gasteiger partial charge >= 0.3 is 0 Å². The predicted molar refractivity (Wildman–Crippen MR) is 112 cm³/mol. The summed E-state index contributed by atoms with van der Waals surface area (Å²) in [6.07, 6.45) is 0. The van der Waals surface area contributed by atoms with Gasteiger partial charge in [-0.05, 0) is 26.0 Å². The number of nitrogens with one attached hydrogen (secondary N) is 1. The van der Waals surface area contributed by atoms with Gasteiger partial charge in [0.25, 0.3) is 5.91 Å². The number of hydrogen-bond donors (Lipinski definition) is 1. The van der Waals surface area contributed by atoms with E-state index in [2.05, 4.69) is 10.2 Å². The van der Waals surface area contributed by atoms with Gasteiger partial charge in [0, 0.05) is 31.3 Å². The van der Waals surface area contributed by atoms with Crippen LogP contribution in [0.25, 0.3) is 0 Å². The summed E-state index contributed by atoms with van der Waals surface area (Å²) >= 11 is 0. The summed E-state index contributed by atoms with van der Waals surface area (Å²) in [7, 11) is 0. The number of nitrogens with zero attached hydrogens (tertiary/aromatic N) is 1. The van der Waals surface area contributed by atoms with Crippen LogP contribution in [0.2, 0.25) is 0 Å². The fourth-order valence-corrected chi connectivity index (χ4v) is 3.17. The molecule has 3 rings (SSSR count). The van der Waals surface area contributed by atoms with Crippen LogP contribution in [0.5, 0.6) is 17.2 Å². The largest absolute Gasteiger partial charge is 0.492 e. The summed E-state index contributed by atoms with van der Waals surface area (Å²) in [5.41, 5.74) is 1.27. The van der Waals surface area contributed by atoms with Gasteiger partial charge in [-0.25, -0.2) is 8.78 Å². The molecular weight excluding hydrogens is 410 g/mol. The van der Waals surface area contributed by atoms with Crippen molar-refractivity contribution in [2.24, 2.45) is 0 Å². The molecule has 0 atom stereocenters. The van der Waals surface area contributed by atoms with E-state index >= 15 is 0 Å². The summed E-state index contributed by atoms with van der Waals surface area (Å²) in [5.74, 6) is -1.25. The van der Waals surface area contributed by atoms with Crippen molar-refractivity contribution in [3.05, 3.63) is 42.0 Å². The number of benzene rings is 2. The van der Waals surface area contributed by atoms with Crippen molar-refractivity contribution >= 4 is 17.3 Å². The Balaban J connectivity index is 1.77. The minimum Gasteiger partial charge on any atom is -0.492 e. The van der Waals surface area contributed by atoms with Crippen LogP contribution in [0.4, 0.5) is 20.2 Å². The Kier molecular flexibility index (Phi) is 7.88. The zero-order valence-corrected chi connectivity index (χ0v) is 17.6. The van der Waals surface area contributed by atoms with E-state index in [-0.39, 0.29) is 5.75 Å². The van der Waals surface area contributed by atoms with Crippen molar-refractivity contribution in [2.75, 3.05) is 56.3 Å². The molecule has 1 saturated heterocycles. The zero-order valence-electron chi connectivity index (χ0n) is 17.6. The highest BCUT2D eigenvalue weighted by molar-refractivity contribution is 5.94. The average Bonchev–Trinajstić information content (AvgIpc) is 2.75. The van der Waals surface area contributed by atoms with Crippen LogP contribution in [-0.4, -0.2) is 52.0 Å². The molecule has 1 heterocycles. The molecule has 168 valence electrons. The van der Waals surface area contributed by atoms with E-state index in [1.165, 1.54) is 0 Å². The zero-order chi connectivity index (χ0) is 22.2. The van der Waals surface area contributed by atoms with Gasteiger partial charge in [0.2, 0.25) is 0 Å². The fourth-order valence-electron chi connectivity index (χ4n) is 3.17. The summed E-state index contributed by atoms with van der Waals surface area (Å²) in [6.45, 7) is 6.78. The lowest BCUT2D eigenvalue weighted by molar-refractivity contribution is -0.118. The fraction of sp³-hybridized carbons (Fsp3) is 0.409. The molecule has 7 nitrogen and oxygen atoms in total. The average molecular weight is 436 g/mol. The van der Waals surface area contributed by atoms with Crippen molar-refractivity contribution in [1.29, 1.82) is 0 Å². The van der Waals surface area contributed by atoms with Crippen LogP contribution in [0.3, 0.4) is 0 Å². The van der Waals surface area contributed by atoms with Gasteiger partial charge in [-0.3, -0.25) is 4.79 Å². The van der Waals surface area contributed by atoms with Crippen molar-refractivity contribution in [3.63, 3.8) is 0 Å². The number of rotatable bonds is 9. The number of ether oxygens (including phenoxy) is 4. The number of morpholine rings is 1. The molecule has 1 N–H and O–H groups in total. The van der Waals surface area contributed by atoms with Crippen molar-refractivity contribution in [2.45, 2.75) is 13.8 Å². The van der Waals surface area contributed by atoms with Gasteiger partial charge < -0.3 is 29.2 Å². The Bertz CT molecular complexity index is 904. The SMILES string of the molecule is CCOc1cc(N2CCOCC2)c(OCC)cc1NC(=O)COc1ccc(F)cc1F. The predicted octanol–water partition coefficient (Wildman–Crippen LogP) is 3.62. The summed E-state index contributed by atoms with van der Waals surface area (Å²) in [4.78, 5) is 14.6. The standard InChI is InChI=1S/C22H26F2N2O5/c1-3-29-20-13-18(26-7-9-28-10-8-26)21(30-4-2)12-17(20)25-22(27)14-31-19-6-5-15(23)11-16(19)24/h5-6,11-13H,3-4,7-10,14H2,1-2H3,(H,25,27). The van der Waals surface area contributed by atoms with Crippen LogP contribution in [0, 0.1) is 11.6 Å². The molecule has 0 aromatic heterocycles. The summed E-state index contributed by atoms with van der Waals surface area (Å²) in [5, 5.41) is 2.72. The number of carbonyl (C=O) groups is 1. The third kappa shape index (κ3) is 5.97. The van der Waals surface area contributed by atoms with E-state index < -0.39 is 24.1 Å². The molecule has 1 aliphatic rings. The van der Waals surface area contributed by atoms with Crippen molar-refractivity contribution in [3.8, 4) is 17.2 Å². The number of carbonyl (C=O) groups excluding carboxylic acids is 1. The quantitative estimate of drug-likeness (QED) is 0.648. The van der Waals surface area contributed by atoms with Crippen molar-refractivity contribution < 1.29 is 32.5 Å². The van der Waals surface area contributed by atoms with Crippen LogP contribution >= 0.6 is 0 Å². The second-order valence-corrected chi connectivity index (χ2v) is 6.69. The minimum absolute atomic E-state index is 0.209. The first-order chi connectivity index (χ1) is 15.0. The molecule has 2 aromatic rings. The molecule has 0 aliphatic carbocycles. The topological polar surface area (TPSA) is 69.3 Å². The molecule has 0 saturated carbocycles. The maximum atomic E-state index is 13.7. The van der Waals surface area contributed by atoms with Gasteiger partial charge in [0.15, 0.2) is 18.2 Å². The Morgan fingerprint density at radius 1 is 1.00 bits per heavy atom. The Morgan fingerprint density at radius 2 is 1.71 bits per heavy atom. The van der Waals surface area contributed by atoms with Gasteiger partial charge in [-0.2, -0.15) is 0 Å². The summed E-state index contributed by atoms with van der Waals surface area (Å²) < 4.78 is 48.8. The Hall–Kier alpha value is -3.07. The smallest absolute Gasteiger partial charge is 0.262 e. The van der Waals surface area contributed by atoms with Gasteiger partial charge in [0.05, 0.1) is 37.8 Å². The summed E-state index contributed by atoms with van der Waals surface area (Å²) in [6, 6.07) is 6.42. The van der Waals surface area contributed by atoms with E-state index in [4.69, 9.17) is 18.9 Å². The molecule has 0 spiro atoms. The van der Waals surface area contributed by atoms with E-state index in [1.54, 1.807) is 6.07 Å². The second-order valence-electron chi connectivity index (χ2n) is 6.69. The lowest BCUT2D eigenvalue weighted by atomic mass is 10.2. The molecule has 1 aliphatic heterocycles. The van der Waals surface area contributed by atoms with E-state index in [9.17, 15) is 13.6 Å². The van der Waals surface area contributed by atoms with Gasteiger partial charge in [0.1, 0.15) is 17.3 Å². The number of halogens is 2. The van der Waals surface area contributed by atoms with E-state index in [1.807, 2.05) is 19.9 Å². The highest BCUT2D eigenvalue weighted by Gasteiger charge is 2.20. The lowest BCUT2D eigenvalue weighted by Gasteiger charge is -2.31. The maximum absolute atomic E-state index is 13.7. The minimum atomic E-state index is -0.878. The molecule has 0 radical (unpaired) electrons. The third-order valence-electron chi connectivity index (χ3n) is 4.54. The van der Waals surface area contributed by atoms with Crippen molar-refractivity contribution in [1.82, 2.24) is 0 Å². The molecule has 31 heavy (non-hydrogen) atoms. The van der Waals surface area contributed by atoms with E-state index in [0.29, 0.717) is 62.8 Å². The maximum Gasteiger partial charge on any atom is 0.262 e. The monoisotopic (exact) mass is 436 g/mol. The molecule has 1 fully saturated rings. The van der Waals surface area contributed by atoms with Gasteiger partial charge in [-0.1, -0.05) is 0 Å². The Labute approximate surface area is 179 Å². The molecule has 2 aromatic carbocycles. The number of anilines is 2. The third-order valence-corrected chi connectivity index (χ3v) is 4.54. The first-order valence-electron chi connectivity index (χ1n) is 10.2. The molecular formula is C22H26F2N2O5. The highest BCUT2D eigenvalue weighted by atomic mass is 19.1. The first kappa shape index (κ1) is 22.6. The van der Waals surface area contributed by atoms with Crippen LogP contribution < -0.4 is 24.4 Å². The molecule has 9 heteroatoms. The highest BCUT2D eigenvalue weighted by Crippen LogP contribution is 2.39. The second kappa shape index (κ2) is 10.8. The van der Waals surface area contributed by atoms with Crippen LogP contribution in [-0.2, 0) is 9.53 Å². The van der Waals surface area contributed by atoms with E-state index in [0.717, 1.165) is 17.8 Å². The number of hydrogen-bond acceptors (Lipinski definition) is 6. The van der Waals surface area contributed by atoms with Gasteiger partial charge in [-0.15, -0.1) is 0 Å². The van der Waals surface area contributed by atoms with Crippen LogP contribution in [0.1, 0.15) is 13.8 Å². The first-order valence-corrected chi connectivity index (χ1v) is 10.2. The molecule has 0 bridgehead atoms. The number of amides is 1.